The van der Waals surface area contributed by atoms with Crippen molar-refractivity contribution in [2.45, 2.75) is 25.8 Å². The number of nitrogens with zero attached hydrogens (tertiary/aromatic N) is 1. The maximum absolute atomic E-state index is 12.1. The van der Waals surface area contributed by atoms with Crippen LogP contribution in [0.4, 0.5) is 5.82 Å². The first kappa shape index (κ1) is 12.6. The van der Waals surface area contributed by atoms with Crippen LogP contribution in [-0.2, 0) is 0 Å². The molecule has 2 heterocycles. The van der Waals surface area contributed by atoms with Gasteiger partial charge in [-0.2, -0.15) is 5.10 Å². The fourth-order valence-electron chi connectivity index (χ4n) is 1.78. The number of carbonyl (C=O) groups is 1. The largest absolute Gasteiger partial charge is 0.383 e. The van der Waals surface area contributed by atoms with Crippen molar-refractivity contribution in [3.63, 3.8) is 0 Å². The molecule has 18 heavy (non-hydrogen) atoms. The SMILES string of the molecule is CCCC(NC(=O)c1cn[nH]c1N)c1cccs1. The van der Waals surface area contributed by atoms with Crippen LogP contribution in [0.2, 0.25) is 0 Å². The third kappa shape index (κ3) is 2.70. The quantitative estimate of drug-likeness (QED) is 0.775. The maximum Gasteiger partial charge on any atom is 0.257 e. The highest BCUT2D eigenvalue weighted by Crippen LogP contribution is 2.23. The number of hydrogen-bond donors (Lipinski definition) is 3. The van der Waals surface area contributed by atoms with Gasteiger partial charge in [0, 0.05) is 4.88 Å². The summed E-state index contributed by atoms with van der Waals surface area (Å²) in [5, 5.41) is 11.3. The Bertz CT molecular complexity index is 506. The Hall–Kier alpha value is -1.82. The highest BCUT2D eigenvalue weighted by molar-refractivity contribution is 7.10. The van der Waals surface area contributed by atoms with Gasteiger partial charge in [-0.15, -0.1) is 11.3 Å². The average Bonchev–Trinajstić information content (AvgIpc) is 2.98. The van der Waals surface area contributed by atoms with Gasteiger partial charge in [-0.05, 0) is 17.9 Å². The molecule has 0 saturated carbocycles. The number of aromatic amines is 1. The van der Waals surface area contributed by atoms with Gasteiger partial charge in [0.1, 0.15) is 11.4 Å². The lowest BCUT2D eigenvalue weighted by molar-refractivity contribution is 0.0936. The van der Waals surface area contributed by atoms with Gasteiger partial charge in [-0.3, -0.25) is 9.89 Å². The minimum atomic E-state index is -0.187. The van der Waals surface area contributed by atoms with E-state index in [0.29, 0.717) is 11.4 Å². The van der Waals surface area contributed by atoms with Gasteiger partial charge >= 0.3 is 0 Å². The van der Waals surface area contributed by atoms with Crippen molar-refractivity contribution < 1.29 is 4.79 Å². The molecule has 0 aliphatic heterocycles. The molecule has 0 spiro atoms. The van der Waals surface area contributed by atoms with Crippen LogP contribution < -0.4 is 11.1 Å². The molecule has 1 unspecified atom stereocenters. The summed E-state index contributed by atoms with van der Waals surface area (Å²) in [6.45, 7) is 2.10. The number of thiophene rings is 1. The van der Waals surface area contributed by atoms with Gasteiger partial charge in [-0.25, -0.2) is 0 Å². The number of nitrogens with two attached hydrogens (primary N) is 1. The van der Waals surface area contributed by atoms with Crippen LogP contribution in [0.5, 0.6) is 0 Å². The molecule has 96 valence electrons. The third-order valence-corrected chi connectivity index (χ3v) is 3.67. The molecule has 1 atom stereocenters. The van der Waals surface area contributed by atoms with Gasteiger partial charge in [0.05, 0.1) is 12.2 Å². The Kier molecular flexibility index (Phi) is 3.99. The van der Waals surface area contributed by atoms with E-state index < -0.39 is 0 Å². The minimum Gasteiger partial charge on any atom is -0.383 e. The molecule has 0 fully saturated rings. The minimum absolute atomic E-state index is 0.0387. The van der Waals surface area contributed by atoms with Gasteiger partial charge in [0.15, 0.2) is 0 Å². The van der Waals surface area contributed by atoms with Crippen molar-refractivity contribution in [2.75, 3.05) is 5.73 Å². The molecule has 2 aromatic heterocycles. The molecule has 1 amide bonds. The molecule has 2 rings (SSSR count). The van der Waals surface area contributed by atoms with Crippen LogP contribution in [0, 0.1) is 0 Å². The van der Waals surface area contributed by atoms with Crippen LogP contribution in [0.15, 0.2) is 23.7 Å². The van der Waals surface area contributed by atoms with E-state index in [-0.39, 0.29) is 11.9 Å². The molecule has 0 aromatic carbocycles. The zero-order valence-corrected chi connectivity index (χ0v) is 11.0. The van der Waals surface area contributed by atoms with Crippen molar-refractivity contribution in [3.05, 3.63) is 34.2 Å². The zero-order chi connectivity index (χ0) is 13.0. The molecule has 0 aliphatic rings. The van der Waals surface area contributed by atoms with Gasteiger partial charge in [-0.1, -0.05) is 19.4 Å². The average molecular weight is 264 g/mol. The summed E-state index contributed by atoms with van der Waals surface area (Å²) in [7, 11) is 0. The van der Waals surface area contributed by atoms with E-state index >= 15 is 0 Å². The Morgan fingerprint density at radius 2 is 2.50 bits per heavy atom. The van der Waals surface area contributed by atoms with Crippen LogP contribution in [-0.4, -0.2) is 16.1 Å². The normalized spacial score (nSPS) is 12.3. The van der Waals surface area contributed by atoms with E-state index in [4.69, 9.17) is 5.73 Å². The van der Waals surface area contributed by atoms with Crippen molar-refractivity contribution in [1.29, 1.82) is 0 Å². The van der Waals surface area contributed by atoms with Crippen molar-refractivity contribution in [2.24, 2.45) is 0 Å². The topological polar surface area (TPSA) is 83.8 Å². The molecule has 6 heteroatoms. The Balaban J connectivity index is 2.10. The van der Waals surface area contributed by atoms with Crippen LogP contribution in [0.3, 0.4) is 0 Å². The highest BCUT2D eigenvalue weighted by atomic mass is 32.1. The predicted molar refractivity (Wildman–Crippen MR) is 72.4 cm³/mol. The number of aromatic nitrogens is 2. The fourth-order valence-corrected chi connectivity index (χ4v) is 2.59. The molecule has 2 aromatic rings. The zero-order valence-electron chi connectivity index (χ0n) is 10.1. The first-order valence-electron chi connectivity index (χ1n) is 5.85. The summed E-state index contributed by atoms with van der Waals surface area (Å²) in [6, 6.07) is 4.06. The summed E-state index contributed by atoms with van der Waals surface area (Å²) in [5.74, 6) is 0.113. The second-order valence-corrected chi connectivity index (χ2v) is 5.01. The number of carbonyl (C=O) groups excluding carboxylic acids is 1. The predicted octanol–water partition coefficient (Wildman–Crippen LogP) is 2.32. The molecular formula is C12H16N4OS. The highest BCUT2D eigenvalue weighted by Gasteiger charge is 2.18. The standard InChI is InChI=1S/C12H16N4OS/c1-2-4-9(10-5-3-6-18-10)15-12(17)8-7-14-16-11(8)13/h3,5-7,9H,2,4H2,1H3,(H,15,17)(H3,13,14,16). The molecule has 0 aliphatic carbocycles. The summed E-state index contributed by atoms with van der Waals surface area (Å²) in [4.78, 5) is 13.2. The molecule has 0 radical (unpaired) electrons. The summed E-state index contributed by atoms with van der Waals surface area (Å²) in [5.41, 5.74) is 6.03. The van der Waals surface area contributed by atoms with E-state index in [1.54, 1.807) is 11.3 Å². The number of anilines is 1. The maximum atomic E-state index is 12.1. The van der Waals surface area contributed by atoms with Gasteiger partial charge < -0.3 is 11.1 Å². The molecule has 0 saturated heterocycles. The van der Waals surface area contributed by atoms with E-state index in [1.807, 2.05) is 17.5 Å². The number of nitrogens with one attached hydrogen (secondary N) is 2. The van der Waals surface area contributed by atoms with Crippen molar-refractivity contribution >= 4 is 23.1 Å². The van der Waals surface area contributed by atoms with Crippen molar-refractivity contribution in [3.8, 4) is 0 Å². The monoisotopic (exact) mass is 264 g/mol. The summed E-state index contributed by atoms with van der Waals surface area (Å²) < 4.78 is 0. The first-order chi connectivity index (χ1) is 8.72. The van der Waals surface area contributed by atoms with Crippen LogP contribution in [0.25, 0.3) is 0 Å². The van der Waals surface area contributed by atoms with E-state index in [0.717, 1.165) is 17.7 Å². The number of hydrogen-bond acceptors (Lipinski definition) is 4. The van der Waals surface area contributed by atoms with Crippen LogP contribution >= 0.6 is 11.3 Å². The number of H-pyrrole nitrogens is 1. The van der Waals surface area contributed by atoms with Gasteiger partial charge in [0.2, 0.25) is 0 Å². The Morgan fingerprint density at radius 3 is 3.06 bits per heavy atom. The van der Waals surface area contributed by atoms with Gasteiger partial charge in [0.25, 0.3) is 5.91 Å². The van der Waals surface area contributed by atoms with E-state index in [1.165, 1.54) is 6.20 Å². The number of nitrogen functional groups attached to an aromatic ring is 1. The van der Waals surface area contributed by atoms with Crippen LogP contribution in [0.1, 0.15) is 41.0 Å². The molecule has 4 N–H and O–H groups in total. The Labute approximate surface area is 109 Å². The lowest BCUT2D eigenvalue weighted by atomic mass is 10.1. The van der Waals surface area contributed by atoms with E-state index in [9.17, 15) is 4.79 Å². The first-order valence-corrected chi connectivity index (χ1v) is 6.73. The summed E-state index contributed by atoms with van der Waals surface area (Å²) in [6.07, 6.45) is 3.36. The molecular weight excluding hydrogens is 248 g/mol. The third-order valence-electron chi connectivity index (χ3n) is 2.68. The number of amides is 1. The lowest BCUT2D eigenvalue weighted by Gasteiger charge is -2.16. The second kappa shape index (κ2) is 5.68. The summed E-state index contributed by atoms with van der Waals surface area (Å²) >= 11 is 1.64. The van der Waals surface area contributed by atoms with E-state index in [2.05, 4.69) is 22.4 Å². The molecule has 5 nitrogen and oxygen atoms in total. The molecule has 0 bridgehead atoms. The van der Waals surface area contributed by atoms with Crippen molar-refractivity contribution in [1.82, 2.24) is 15.5 Å². The second-order valence-electron chi connectivity index (χ2n) is 4.03. The number of rotatable bonds is 5. The Morgan fingerprint density at radius 1 is 1.67 bits per heavy atom. The lowest BCUT2D eigenvalue weighted by Crippen LogP contribution is -2.28. The smallest absolute Gasteiger partial charge is 0.257 e. The fraction of sp³-hybridized carbons (Fsp3) is 0.333.